The maximum atomic E-state index is 13.1. The molecule has 0 fully saturated rings. The fourth-order valence-electron chi connectivity index (χ4n) is 2.78. The van der Waals surface area contributed by atoms with Gasteiger partial charge in [0.25, 0.3) is 0 Å². The van der Waals surface area contributed by atoms with Crippen LogP contribution in [0, 0.1) is 5.82 Å². The van der Waals surface area contributed by atoms with Gasteiger partial charge in [0.15, 0.2) is 0 Å². The predicted octanol–water partition coefficient (Wildman–Crippen LogP) is 4.94. The van der Waals surface area contributed by atoms with Gasteiger partial charge in [0.2, 0.25) is 21.9 Å². The van der Waals surface area contributed by atoms with Crippen LogP contribution in [0.15, 0.2) is 59.5 Å². The Morgan fingerprint density at radius 3 is 2.35 bits per heavy atom. The topological polar surface area (TPSA) is 93.2 Å². The van der Waals surface area contributed by atoms with Gasteiger partial charge in [-0.15, -0.1) is 0 Å². The molecule has 182 valence electrons. The molecule has 12 heteroatoms. The van der Waals surface area contributed by atoms with Crippen molar-refractivity contribution in [2.24, 2.45) is 0 Å². The Hall–Kier alpha value is -3.25. The molecule has 3 aromatic rings. The van der Waals surface area contributed by atoms with E-state index in [2.05, 4.69) is 20.0 Å². The van der Waals surface area contributed by atoms with Crippen LogP contribution in [0.5, 0.6) is 11.6 Å². The minimum atomic E-state index is -4.65. The van der Waals surface area contributed by atoms with E-state index in [4.69, 9.17) is 4.74 Å². The molecule has 0 bridgehead atoms. The molecule has 0 saturated carbocycles. The Morgan fingerprint density at radius 1 is 1.00 bits per heavy atom. The maximum Gasteiger partial charge on any atom is 0.416 e. The van der Waals surface area contributed by atoms with Gasteiger partial charge < -0.3 is 10.1 Å². The van der Waals surface area contributed by atoms with E-state index < -0.39 is 32.5 Å². The number of benzene rings is 2. The molecule has 2 aromatic carbocycles. The van der Waals surface area contributed by atoms with Gasteiger partial charge in [-0.2, -0.15) is 18.2 Å². The van der Waals surface area contributed by atoms with Gasteiger partial charge in [-0.3, -0.25) is 0 Å². The number of nitrogens with zero attached hydrogens (tertiary/aromatic N) is 2. The van der Waals surface area contributed by atoms with Crippen LogP contribution >= 0.6 is 0 Å². The van der Waals surface area contributed by atoms with Crippen molar-refractivity contribution < 1.29 is 30.7 Å². The van der Waals surface area contributed by atoms with E-state index in [-0.39, 0.29) is 30.8 Å². The SMILES string of the molecule is CC(C)c1cc(Oc2ccc(F)cc2)nc(NCCNS(=O)(=O)c2cccc(C(F)(F)F)c2)n1. The third-order valence-electron chi connectivity index (χ3n) is 4.52. The fourth-order valence-corrected chi connectivity index (χ4v) is 3.85. The van der Waals surface area contributed by atoms with Crippen LogP contribution in [-0.4, -0.2) is 31.5 Å². The van der Waals surface area contributed by atoms with Crippen LogP contribution in [0.25, 0.3) is 0 Å². The molecular formula is C22H22F4N4O3S. The predicted molar refractivity (Wildman–Crippen MR) is 118 cm³/mol. The third kappa shape index (κ3) is 6.87. The zero-order valence-electron chi connectivity index (χ0n) is 18.2. The summed E-state index contributed by atoms with van der Waals surface area (Å²) < 4.78 is 84.3. The second-order valence-electron chi connectivity index (χ2n) is 7.52. The molecule has 0 spiro atoms. The lowest BCUT2D eigenvalue weighted by atomic mass is 10.1. The van der Waals surface area contributed by atoms with E-state index in [0.29, 0.717) is 17.5 Å². The van der Waals surface area contributed by atoms with Crippen molar-refractivity contribution in [3.63, 3.8) is 0 Å². The highest BCUT2D eigenvalue weighted by atomic mass is 32.2. The van der Waals surface area contributed by atoms with Crippen molar-refractivity contribution in [1.29, 1.82) is 0 Å². The molecule has 0 aliphatic heterocycles. The zero-order valence-corrected chi connectivity index (χ0v) is 19.0. The average Bonchev–Trinajstić information content (AvgIpc) is 2.78. The summed E-state index contributed by atoms with van der Waals surface area (Å²) in [5.41, 5.74) is -0.403. The van der Waals surface area contributed by atoms with Crippen molar-refractivity contribution in [3.05, 3.63) is 71.7 Å². The van der Waals surface area contributed by atoms with Gasteiger partial charge in [0.1, 0.15) is 11.6 Å². The zero-order chi connectivity index (χ0) is 24.9. The number of halogens is 4. The molecule has 0 amide bonds. The highest BCUT2D eigenvalue weighted by Gasteiger charge is 2.31. The van der Waals surface area contributed by atoms with Crippen LogP contribution in [0.2, 0.25) is 0 Å². The molecular weight excluding hydrogens is 476 g/mol. The Kier molecular flexibility index (Phi) is 7.72. The van der Waals surface area contributed by atoms with Crippen LogP contribution in [0.4, 0.5) is 23.5 Å². The van der Waals surface area contributed by atoms with Gasteiger partial charge in [-0.1, -0.05) is 19.9 Å². The molecule has 0 radical (unpaired) electrons. The molecule has 34 heavy (non-hydrogen) atoms. The number of rotatable bonds is 9. The second-order valence-corrected chi connectivity index (χ2v) is 9.28. The smallest absolute Gasteiger partial charge is 0.416 e. The number of sulfonamides is 1. The number of hydrogen-bond donors (Lipinski definition) is 2. The monoisotopic (exact) mass is 498 g/mol. The summed E-state index contributed by atoms with van der Waals surface area (Å²) in [5.74, 6) is 0.361. The van der Waals surface area contributed by atoms with Gasteiger partial charge in [0, 0.05) is 19.2 Å². The Labute approximate surface area is 194 Å². The molecule has 7 nitrogen and oxygen atoms in total. The summed E-state index contributed by atoms with van der Waals surface area (Å²) in [6.45, 7) is 3.74. The van der Waals surface area contributed by atoms with Gasteiger partial charge in [0.05, 0.1) is 16.2 Å². The first-order valence-electron chi connectivity index (χ1n) is 10.2. The first-order valence-corrected chi connectivity index (χ1v) is 11.7. The van der Waals surface area contributed by atoms with Crippen molar-refractivity contribution in [2.75, 3.05) is 18.4 Å². The van der Waals surface area contributed by atoms with Gasteiger partial charge in [-0.05, 0) is 48.4 Å². The highest BCUT2D eigenvalue weighted by Crippen LogP contribution is 2.30. The lowest BCUT2D eigenvalue weighted by Gasteiger charge is -2.13. The Bertz CT molecular complexity index is 1230. The highest BCUT2D eigenvalue weighted by molar-refractivity contribution is 7.89. The van der Waals surface area contributed by atoms with Crippen molar-refractivity contribution >= 4 is 16.0 Å². The van der Waals surface area contributed by atoms with Crippen LogP contribution in [-0.2, 0) is 16.2 Å². The molecule has 3 rings (SSSR count). The second kappa shape index (κ2) is 10.3. The van der Waals surface area contributed by atoms with E-state index in [1.54, 1.807) is 6.07 Å². The van der Waals surface area contributed by atoms with Crippen molar-refractivity contribution in [3.8, 4) is 11.6 Å². The van der Waals surface area contributed by atoms with Crippen molar-refractivity contribution in [1.82, 2.24) is 14.7 Å². The fraction of sp³-hybridized carbons (Fsp3) is 0.273. The molecule has 0 unspecified atom stereocenters. The number of ether oxygens (including phenoxy) is 1. The average molecular weight is 499 g/mol. The summed E-state index contributed by atoms with van der Waals surface area (Å²) in [5, 5.41) is 2.87. The summed E-state index contributed by atoms with van der Waals surface area (Å²) in [7, 11) is -4.16. The molecule has 0 aliphatic rings. The summed E-state index contributed by atoms with van der Waals surface area (Å²) in [4.78, 5) is 8.09. The van der Waals surface area contributed by atoms with E-state index in [0.717, 1.165) is 18.2 Å². The molecule has 1 heterocycles. The van der Waals surface area contributed by atoms with Crippen molar-refractivity contribution in [2.45, 2.75) is 30.8 Å². The molecule has 0 atom stereocenters. The lowest BCUT2D eigenvalue weighted by molar-refractivity contribution is -0.137. The largest absolute Gasteiger partial charge is 0.439 e. The molecule has 2 N–H and O–H groups in total. The van der Waals surface area contributed by atoms with Crippen LogP contribution in [0.1, 0.15) is 31.0 Å². The Morgan fingerprint density at radius 2 is 1.71 bits per heavy atom. The van der Waals surface area contributed by atoms with Crippen LogP contribution in [0.3, 0.4) is 0 Å². The molecule has 0 aliphatic carbocycles. The van der Waals surface area contributed by atoms with E-state index in [1.807, 2.05) is 13.8 Å². The van der Waals surface area contributed by atoms with E-state index in [1.165, 1.54) is 24.3 Å². The first-order chi connectivity index (χ1) is 15.9. The maximum absolute atomic E-state index is 13.1. The van der Waals surface area contributed by atoms with Gasteiger partial charge >= 0.3 is 6.18 Å². The number of alkyl halides is 3. The molecule has 1 aromatic heterocycles. The third-order valence-corrected chi connectivity index (χ3v) is 5.98. The quantitative estimate of drug-likeness (QED) is 0.321. The van der Waals surface area contributed by atoms with Crippen LogP contribution < -0.4 is 14.8 Å². The van der Waals surface area contributed by atoms with E-state index in [9.17, 15) is 26.0 Å². The molecule has 0 saturated heterocycles. The standard InChI is InChI=1S/C22H22F4N4O3S/c1-14(2)19-13-20(33-17-8-6-16(23)7-9-17)30-21(29-19)27-10-11-28-34(31,32)18-5-3-4-15(12-18)22(24,25)26/h3-9,12-14,28H,10-11H2,1-2H3,(H,27,29,30). The van der Waals surface area contributed by atoms with E-state index >= 15 is 0 Å². The Balaban J connectivity index is 1.65. The number of nitrogens with one attached hydrogen (secondary N) is 2. The lowest BCUT2D eigenvalue weighted by Crippen LogP contribution is -2.29. The summed E-state index contributed by atoms with van der Waals surface area (Å²) >= 11 is 0. The normalized spacial score (nSPS) is 12.1. The summed E-state index contributed by atoms with van der Waals surface area (Å²) in [6.07, 6.45) is -4.65. The van der Waals surface area contributed by atoms with Gasteiger partial charge in [-0.25, -0.2) is 22.5 Å². The first kappa shape index (κ1) is 25.4. The number of anilines is 1. The minimum absolute atomic E-state index is 0.0264. The number of hydrogen-bond acceptors (Lipinski definition) is 6. The number of aromatic nitrogens is 2. The summed E-state index contributed by atoms with van der Waals surface area (Å²) in [6, 6.07) is 10.5. The minimum Gasteiger partial charge on any atom is -0.439 e.